The van der Waals surface area contributed by atoms with Crippen LogP contribution in [-0.4, -0.2) is 78.8 Å². The molecule has 5 atom stereocenters. The minimum absolute atomic E-state index is 0.274. The zero-order valence-corrected chi connectivity index (χ0v) is 13.3. The number of hydrogen-bond acceptors (Lipinski definition) is 10. The molecule has 26 heavy (non-hydrogen) atoms. The SMILES string of the molecule is O=C1CC(O[C@H]2O[C@@H](CO)[C@H](O)[C@@H](O)[C@@H]2O)=C(O)c2c(O)ccc(O)c21. The molecule has 142 valence electrons. The molecular weight excluding hydrogens is 352 g/mol. The number of phenolic OH excluding ortho intramolecular Hbond substituents is 2. The molecule has 7 N–H and O–H groups in total. The standard InChI is InChI=1S/C16H18O10/c17-4-9-13(22)14(23)15(24)16(26-9)25-8-3-7(20)10-5(18)1-2-6(19)11(10)12(8)21/h1-2,9,13-19,21-24H,3-4H2/t9-,13-,14+,15-,16-/m0/s1. The second-order valence-corrected chi connectivity index (χ2v) is 6.04. The fourth-order valence-electron chi connectivity index (χ4n) is 2.96. The summed E-state index contributed by atoms with van der Waals surface area (Å²) in [6, 6.07) is 2.18. The lowest BCUT2D eigenvalue weighted by atomic mass is 9.91. The van der Waals surface area contributed by atoms with Crippen LogP contribution in [0.4, 0.5) is 0 Å². The number of carbonyl (C=O) groups is 1. The van der Waals surface area contributed by atoms with E-state index in [0.717, 1.165) is 12.1 Å². The lowest BCUT2D eigenvalue weighted by molar-refractivity contribution is -0.291. The van der Waals surface area contributed by atoms with Crippen molar-refractivity contribution in [2.75, 3.05) is 6.61 Å². The van der Waals surface area contributed by atoms with E-state index in [9.17, 15) is 40.5 Å². The van der Waals surface area contributed by atoms with Gasteiger partial charge in [-0.2, -0.15) is 0 Å². The van der Waals surface area contributed by atoms with Gasteiger partial charge in [-0.15, -0.1) is 0 Å². The highest BCUT2D eigenvalue weighted by Gasteiger charge is 2.45. The minimum atomic E-state index is -1.73. The van der Waals surface area contributed by atoms with Crippen LogP contribution in [0.5, 0.6) is 11.5 Å². The number of benzene rings is 1. The monoisotopic (exact) mass is 370 g/mol. The van der Waals surface area contributed by atoms with E-state index in [1.807, 2.05) is 0 Å². The fourth-order valence-corrected chi connectivity index (χ4v) is 2.96. The van der Waals surface area contributed by atoms with Gasteiger partial charge in [0.25, 0.3) is 0 Å². The van der Waals surface area contributed by atoms with Gasteiger partial charge in [-0.05, 0) is 12.1 Å². The molecule has 0 saturated carbocycles. The Hall–Kier alpha value is -2.37. The predicted octanol–water partition coefficient (Wildman–Crippen LogP) is -1.27. The molecule has 0 spiro atoms. The van der Waals surface area contributed by atoms with Crippen molar-refractivity contribution in [2.45, 2.75) is 37.1 Å². The van der Waals surface area contributed by atoms with Crippen molar-refractivity contribution in [3.8, 4) is 11.5 Å². The summed E-state index contributed by atoms with van der Waals surface area (Å²) >= 11 is 0. The first-order valence-electron chi connectivity index (χ1n) is 7.74. The van der Waals surface area contributed by atoms with Crippen LogP contribution in [0.1, 0.15) is 22.3 Å². The first-order valence-corrected chi connectivity index (χ1v) is 7.74. The lowest BCUT2D eigenvalue weighted by Gasteiger charge is -2.40. The Morgan fingerprint density at radius 3 is 2.23 bits per heavy atom. The summed E-state index contributed by atoms with van der Waals surface area (Å²) in [6.07, 6.45) is -8.36. The fraction of sp³-hybridized carbons (Fsp3) is 0.438. The Bertz CT molecular complexity index is 756. The molecule has 3 rings (SSSR count). The molecule has 2 aliphatic rings. The van der Waals surface area contributed by atoms with Gasteiger partial charge in [-0.25, -0.2) is 0 Å². The van der Waals surface area contributed by atoms with Gasteiger partial charge in [0.05, 0.1) is 24.2 Å². The third kappa shape index (κ3) is 2.87. The number of aliphatic hydroxyl groups is 5. The minimum Gasteiger partial charge on any atom is -0.507 e. The molecular formula is C16H18O10. The van der Waals surface area contributed by atoms with Crippen molar-refractivity contribution in [1.82, 2.24) is 0 Å². The summed E-state index contributed by atoms with van der Waals surface area (Å²) in [5, 5.41) is 68.7. The third-order valence-electron chi connectivity index (χ3n) is 4.37. The van der Waals surface area contributed by atoms with E-state index in [-0.39, 0.29) is 16.9 Å². The zero-order chi connectivity index (χ0) is 19.2. The Labute approximate surface area is 146 Å². The van der Waals surface area contributed by atoms with Gasteiger partial charge in [-0.3, -0.25) is 4.79 Å². The van der Waals surface area contributed by atoms with Crippen LogP contribution in [0.15, 0.2) is 17.9 Å². The molecule has 1 aromatic carbocycles. The van der Waals surface area contributed by atoms with Gasteiger partial charge in [0.15, 0.2) is 11.5 Å². The van der Waals surface area contributed by atoms with Crippen LogP contribution in [-0.2, 0) is 9.47 Å². The average Bonchev–Trinajstić information content (AvgIpc) is 2.61. The Kier molecular flexibility index (Phi) is 4.78. The second kappa shape index (κ2) is 6.74. The van der Waals surface area contributed by atoms with E-state index in [0.29, 0.717) is 0 Å². The largest absolute Gasteiger partial charge is 0.507 e. The molecule has 0 radical (unpaired) electrons. The van der Waals surface area contributed by atoms with Gasteiger partial charge in [0, 0.05) is 0 Å². The van der Waals surface area contributed by atoms with E-state index >= 15 is 0 Å². The molecule has 1 aromatic rings. The van der Waals surface area contributed by atoms with Gasteiger partial charge < -0.3 is 45.2 Å². The Balaban J connectivity index is 1.94. The van der Waals surface area contributed by atoms with Crippen molar-refractivity contribution < 1.29 is 50.0 Å². The summed E-state index contributed by atoms with van der Waals surface area (Å²) in [4.78, 5) is 12.2. The molecule has 10 heteroatoms. The van der Waals surface area contributed by atoms with Crippen LogP contribution in [0.3, 0.4) is 0 Å². The molecule has 0 aromatic heterocycles. The topological polar surface area (TPSA) is 177 Å². The number of ketones is 1. The number of Topliss-reactive ketones (excluding diaryl/α,β-unsaturated/α-hetero) is 1. The number of hydrogen-bond donors (Lipinski definition) is 7. The number of rotatable bonds is 3. The molecule has 10 nitrogen and oxygen atoms in total. The van der Waals surface area contributed by atoms with Crippen LogP contribution in [0, 0.1) is 0 Å². The maximum Gasteiger partial charge on any atom is 0.228 e. The quantitative estimate of drug-likeness (QED) is 0.317. The van der Waals surface area contributed by atoms with Crippen LogP contribution >= 0.6 is 0 Å². The highest BCUT2D eigenvalue weighted by Crippen LogP contribution is 2.41. The van der Waals surface area contributed by atoms with Gasteiger partial charge in [0.1, 0.15) is 41.7 Å². The van der Waals surface area contributed by atoms with Gasteiger partial charge in [-0.1, -0.05) is 0 Å². The van der Waals surface area contributed by atoms with E-state index in [4.69, 9.17) is 9.47 Å². The first-order chi connectivity index (χ1) is 12.3. The smallest absolute Gasteiger partial charge is 0.228 e. The molecule has 1 aliphatic carbocycles. The molecule has 1 aliphatic heterocycles. The summed E-state index contributed by atoms with van der Waals surface area (Å²) in [5.74, 6) is -2.58. The zero-order valence-electron chi connectivity index (χ0n) is 13.3. The maximum absolute atomic E-state index is 12.2. The molecule has 1 fully saturated rings. The summed E-state index contributed by atoms with van der Waals surface area (Å²) < 4.78 is 10.4. The lowest BCUT2D eigenvalue weighted by Crippen LogP contribution is -2.59. The van der Waals surface area contributed by atoms with E-state index in [2.05, 4.69) is 0 Å². The summed E-state index contributed by atoms with van der Waals surface area (Å²) in [6.45, 7) is -0.674. The molecule has 0 amide bonds. The Morgan fingerprint density at radius 2 is 1.62 bits per heavy atom. The van der Waals surface area contributed by atoms with E-state index in [1.54, 1.807) is 0 Å². The van der Waals surface area contributed by atoms with Crippen molar-refractivity contribution in [3.05, 3.63) is 29.0 Å². The number of carbonyl (C=O) groups excluding carboxylic acids is 1. The highest BCUT2D eigenvalue weighted by atomic mass is 16.7. The van der Waals surface area contributed by atoms with E-state index < -0.39 is 66.8 Å². The van der Waals surface area contributed by atoms with Crippen LogP contribution < -0.4 is 0 Å². The van der Waals surface area contributed by atoms with Crippen molar-refractivity contribution in [1.29, 1.82) is 0 Å². The highest BCUT2D eigenvalue weighted by molar-refractivity contribution is 6.07. The summed E-state index contributed by atoms with van der Waals surface area (Å²) in [7, 11) is 0. The number of aliphatic hydroxyl groups excluding tert-OH is 5. The number of phenols is 2. The number of fused-ring (bicyclic) bond motifs is 1. The second-order valence-electron chi connectivity index (χ2n) is 6.04. The maximum atomic E-state index is 12.2. The summed E-state index contributed by atoms with van der Waals surface area (Å²) in [5.41, 5.74) is -0.607. The number of allylic oxidation sites excluding steroid dienone is 1. The molecule has 0 bridgehead atoms. The Morgan fingerprint density at radius 1 is 1.00 bits per heavy atom. The van der Waals surface area contributed by atoms with Gasteiger partial charge in [0.2, 0.25) is 6.29 Å². The van der Waals surface area contributed by atoms with Crippen molar-refractivity contribution in [2.24, 2.45) is 0 Å². The van der Waals surface area contributed by atoms with Crippen molar-refractivity contribution in [3.63, 3.8) is 0 Å². The molecule has 1 saturated heterocycles. The van der Waals surface area contributed by atoms with Crippen LogP contribution in [0.25, 0.3) is 5.76 Å². The molecule has 0 unspecified atom stereocenters. The molecule has 1 heterocycles. The van der Waals surface area contributed by atoms with Crippen LogP contribution in [0.2, 0.25) is 0 Å². The van der Waals surface area contributed by atoms with E-state index in [1.165, 1.54) is 0 Å². The number of ether oxygens (including phenoxy) is 2. The average molecular weight is 370 g/mol. The third-order valence-corrected chi connectivity index (χ3v) is 4.37. The normalized spacial score (nSPS) is 31.7. The first kappa shape index (κ1) is 18.4. The van der Waals surface area contributed by atoms with Crippen molar-refractivity contribution >= 4 is 11.5 Å². The number of aromatic hydroxyl groups is 2. The predicted molar refractivity (Wildman–Crippen MR) is 83.1 cm³/mol. The van der Waals surface area contributed by atoms with Gasteiger partial charge >= 0.3 is 0 Å².